The first-order valence-electron chi connectivity index (χ1n) is 9.52. The molecule has 2 aromatic rings. The van der Waals surface area contributed by atoms with E-state index in [1.807, 2.05) is 6.92 Å². The number of hydrogen-bond donors (Lipinski definition) is 0. The van der Waals surface area contributed by atoms with Crippen LogP contribution in [-0.2, 0) is 5.75 Å². The molecule has 2 rings (SSSR count). The smallest absolute Gasteiger partial charge is 0.438 e. The molecule has 0 saturated heterocycles. The van der Waals surface area contributed by atoms with E-state index in [0.717, 1.165) is 6.42 Å². The monoisotopic (exact) mass is 526 g/mol. The lowest BCUT2D eigenvalue weighted by Gasteiger charge is -2.39. The van der Waals surface area contributed by atoms with Crippen LogP contribution in [-0.4, -0.2) is 35.8 Å². The molecule has 190 valence electrons. The van der Waals surface area contributed by atoms with Crippen LogP contribution in [0.3, 0.4) is 0 Å². The summed E-state index contributed by atoms with van der Waals surface area (Å²) in [5.41, 5.74) is -6.33. The van der Waals surface area contributed by atoms with Crippen LogP contribution >= 0.6 is 11.8 Å². The largest absolute Gasteiger partial charge is 0.494 e. The number of ether oxygens (including phenoxy) is 1. The minimum absolute atomic E-state index is 0.115. The Kier molecular flexibility index (Phi) is 8.11. The molecule has 0 atom stereocenters. The predicted molar refractivity (Wildman–Crippen MR) is 105 cm³/mol. The lowest BCUT2D eigenvalue weighted by Crippen LogP contribution is -2.69. The quantitative estimate of drug-likeness (QED) is 0.303. The van der Waals surface area contributed by atoms with Gasteiger partial charge in [-0.15, -0.1) is 0 Å². The fourth-order valence-corrected chi connectivity index (χ4v) is 3.60. The first-order valence-corrected chi connectivity index (χ1v) is 10.5. The van der Waals surface area contributed by atoms with Gasteiger partial charge in [0.2, 0.25) is 0 Å². The minimum Gasteiger partial charge on any atom is -0.494 e. The van der Waals surface area contributed by atoms with E-state index in [4.69, 9.17) is 4.74 Å². The number of halogens is 11. The molecular formula is C21H17F11OS. The first kappa shape index (κ1) is 28.1. The van der Waals surface area contributed by atoms with E-state index in [-0.39, 0.29) is 5.56 Å². The molecule has 0 fully saturated rings. The highest BCUT2D eigenvalue weighted by Crippen LogP contribution is 2.61. The molecule has 0 amide bonds. The van der Waals surface area contributed by atoms with Gasteiger partial charge in [0.1, 0.15) is 5.75 Å². The van der Waals surface area contributed by atoms with Gasteiger partial charge in [-0.25, -0.2) is 4.39 Å². The topological polar surface area (TPSA) is 9.23 Å². The Labute approximate surface area is 191 Å². The molecule has 0 N–H and O–H groups in total. The standard InChI is InChI=1S/C21H17F11OS/c1-2-11-33-16-9-7-15(8-10-16)14-5-3-13(4-6-14)12-34-21(31,32)18(23,24)17(22,19(25,26)27)20(28,29)30/h3-10H,2,11-12H2,1H3. The van der Waals surface area contributed by atoms with Crippen LogP contribution in [0.5, 0.6) is 5.75 Å². The lowest BCUT2D eigenvalue weighted by molar-refractivity contribution is -0.415. The fraction of sp³-hybridized carbons (Fsp3) is 0.429. The van der Waals surface area contributed by atoms with Crippen molar-refractivity contribution >= 4 is 11.8 Å². The summed E-state index contributed by atoms with van der Waals surface area (Å²) >= 11 is -1.23. The molecule has 1 nitrogen and oxygen atoms in total. The maximum Gasteiger partial charge on any atom is 0.438 e. The van der Waals surface area contributed by atoms with Crippen LogP contribution in [0.4, 0.5) is 48.3 Å². The number of alkyl halides is 11. The lowest BCUT2D eigenvalue weighted by atomic mass is 9.96. The van der Waals surface area contributed by atoms with Crippen molar-refractivity contribution in [3.05, 3.63) is 54.1 Å². The third-order valence-corrected chi connectivity index (χ3v) is 5.71. The van der Waals surface area contributed by atoms with Gasteiger partial charge in [-0.3, -0.25) is 0 Å². The highest BCUT2D eigenvalue weighted by molar-refractivity contribution is 7.99. The van der Waals surface area contributed by atoms with E-state index in [9.17, 15) is 48.3 Å². The Morgan fingerprint density at radius 3 is 1.53 bits per heavy atom. The second-order valence-electron chi connectivity index (χ2n) is 7.10. The number of rotatable bonds is 9. The Morgan fingerprint density at radius 2 is 1.12 bits per heavy atom. The van der Waals surface area contributed by atoms with Crippen LogP contribution in [0.2, 0.25) is 0 Å². The van der Waals surface area contributed by atoms with Crippen LogP contribution in [0, 0.1) is 0 Å². The van der Waals surface area contributed by atoms with E-state index < -0.39 is 46.7 Å². The molecule has 2 aromatic carbocycles. The van der Waals surface area contributed by atoms with Crippen molar-refractivity contribution < 1.29 is 53.0 Å². The van der Waals surface area contributed by atoms with Crippen LogP contribution in [0.1, 0.15) is 18.9 Å². The Balaban J connectivity index is 2.17. The summed E-state index contributed by atoms with van der Waals surface area (Å²) in [5.74, 6) is -7.65. The van der Waals surface area contributed by atoms with E-state index in [0.29, 0.717) is 23.5 Å². The zero-order valence-corrected chi connectivity index (χ0v) is 18.0. The zero-order chi connectivity index (χ0) is 26.0. The normalized spacial score (nSPS) is 13.8. The van der Waals surface area contributed by atoms with Crippen molar-refractivity contribution in [2.45, 2.75) is 48.3 Å². The second kappa shape index (κ2) is 9.82. The minimum atomic E-state index is -7.44. The first-order chi connectivity index (χ1) is 15.5. The van der Waals surface area contributed by atoms with Crippen molar-refractivity contribution in [3.63, 3.8) is 0 Å². The fourth-order valence-electron chi connectivity index (χ4n) is 2.74. The van der Waals surface area contributed by atoms with Gasteiger partial charge in [-0.1, -0.05) is 55.1 Å². The molecule has 0 spiro atoms. The molecule has 0 bridgehead atoms. The molecule has 13 heteroatoms. The van der Waals surface area contributed by atoms with Gasteiger partial charge in [0.05, 0.1) is 6.61 Å². The zero-order valence-electron chi connectivity index (χ0n) is 17.2. The molecule has 0 radical (unpaired) electrons. The van der Waals surface area contributed by atoms with Gasteiger partial charge in [0.25, 0.3) is 0 Å². The van der Waals surface area contributed by atoms with Gasteiger partial charge in [-0.05, 0) is 35.2 Å². The van der Waals surface area contributed by atoms with Crippen LogP contribution in [0.15, 0.2) is 48.5 Å². The highest BCUT2D eigenvalue weighted by Gasteiger charge is 2.90. The van der Waals surface area contributed by atoms with Crippen LogP contribution < -0.4 is 4.74 Å². The summed E-state index contributed by atoms with van der Waals surface area (Å²) in [6.45, 7) is 2.43. The van der Waals surface area contributed by atoms with Gasteiger partial charge in [-0.2, -0.15) is 43.9 Å². The Morgan fingerprint density at radius 1 is 0.676 bits per heavy atom. The summed E-state index contributed by atoms with van der Waals surface area (Å²) in [7, 11) is 0. The number of thioether (sulfide) groups is 1. The molecule has 0 aliphatic heterocycles. The molecule has 0 unspecified atom stereocenters. The average molecular weight is 526 g/mol. The molecule has 0 aliphatic rings. The number of hydrogen-bond acceptors (Lipinski definition) is 2. The van der Waals surface area contributed by atoms with Crippen molar-refractivity contribution in [1.29, 1.82) is 0 Å². The maximum absolute atomic E-state index is 13.9. The van der Waals surface area contributed by atoms with Crippen molar-refractivity contribution in [2.75, 3.05) is 6.61 Å². The predicted octanol–water partition coefficient (Wildman–Crippen LogP) is 8.44. The van der Waals surface area contributed by atoms with Crippen molar-refractivity contribution in [2.24, 2.45) is 0 Å². The SMILES string of the molecule is CCCOc1ccc(-c2ccc(CSC(F)(F)C(F)(F)C(F)(C(F)(F)F)C(F)(F)F)cc2)cc1. The van der Waals surface area contributed by atoms with E-state index >= 15 is 0 Å². The summed E-state index contributed by atoms with van der Waals surface area (Å²) < 4.78 is 150. The van der Waals surface area contributed by atoms with Gasteiger partial charge in [0, 0.05) is 5.75 Å². The third kappa shape index (κ3) is 5.38. The summed E-state index contributed by atoms with van der Waals surface area (Å²) in [5, 5.41) is -6.04. The maximum atomic E-state index is 13.9. The Hall–Kier alpha value is -2.18. The molecule has 0 heterocycles. The molecular weight excluding hydrogens is 509 g/mol. The average Bonchev–Trinajstić information content (AvgIpc) is 2.74. The highest BCUT2D eigenvalue weighted by atomic mass is 32.2. The number of benzene rings is 2. The van der Waals surface area contributed by atoms with Crippen molar-refractivity contribution in [3.8, 4) is 16.9 Å². The molecule has 0 aromatic heterocycles. The van der Waals surface area contributed by atoms with E-state index in [2.05, 4.69) is 0 Å². The van der Waals surface area contributed by atoms with Gasteiger partial charge < -0.3 is 4.74 Å². The summed E-state index contributed by atoms with van der Waals surface area (Å²) in [6.07, 6.45) is -13.9. The van der Waals surface area contributed by atoms with E-state index in [1.54, 1.807) is 24.3 Å². The van der Waals surface area contributed by atoms with Crippen molar-refractivity contribution in [1.82, 2.24) is 0 Å². The molecule has 34 heavy (non-hydrogen) atoms. The molecule has 0 aliphatic carbocycles. The molecule has 0 saturated carbocycles. The second-order valence-corrected chi connectivity index (χ2v) is 8.19. The summed E-state index contributed by atoms with van der Waals surface area (Å²) in [4.78, 5) is 0. The van der Waals surface area contributed by atoms with Crippen LogP contribution in [0.25, 0.3) is 11.1 Å². The van der Waals surface area contributed by atoms with Gasteiger partial charge >= 0.3 is 29.2 Å². The van der Waals surface area contributed by atoms with Gasteiger partial charge in [0.15, 0.2) is 0 Å². The third-order valence-electron chi connectivity index (χ3n) is 4.61. The Bertz CT molecular complexity index is 921. The summed E-state index contributed by atoms with van der Waals surface area (Å²) in [6, 6.07) is 11.8. The van der Waals surface area contributed by atoms with E-state index in [1.165, 1.54) is 24.3 Å².